The van der Waals surface area contributed by atoms with Crippen molar-refractivity contribution in [3.05, 3.63) is 12.7 Å². The first-order valence-electron chi connectivity index (χ1n) is 8.31. The normalized spacial score (nSPS) is 19.7. The predicted octanol–water partition coefficient (Wildman–Crippen LogP) is 4.47. The average molecular weight is 311 g/mol. The number of likely N-dealkylation sites (tertiary alicyclic amines) is 1. The van der Waals surface area contributed by atoms with Crippen LogP contribution < -0.4 is 0 Å². The van der Waals surface area contributed by atoms with E-state index in [0.29, 0.717) is 0 Å². The van der Waals surface area contributed by atoms with E-state index in [1.165, 1.54) is 25.1 Å². The highest BCUT2D eigenvalue weighted by molar-refractivity contribution is 6.74. The molecular formula is C17H34N2OSi. The molecule has 1 rings (SSSR count). The molecule has 1 aliphatic rings. The van der Waals surface area contributed by atoms with Gasteiger partial charge in [-0.3, -0.25) is 4.99 Å². The standard InChI is InChI=1S/C17H34N2OSi/c1-7-12-18-16-11-9-8-10-13-19(16)14-15-20-21(5,6)17(2,3)4/h7H,1,8-15H2,2-6H3. The molecule has 0 spiro atoms. The lowest BCUT2D eigenvalue weighted by molar-refractivity contribution is 0.247. The van der Waals surface area contributed by atoms with Crippen LogP contribution >= 0.6 is 0 Å². The molecule has 0 bridgehead atoms. The van der Waals surface area contributed by atoms with Gasteiger partial charge in [-0.15, -0.1) is 6.58 Å². The van der Waals surface area contributed by atoms with E-state index in [2.05, 4.69) is 50.3 Å². The molecule has 1 saturated heterocycles. The summed E-state index contributed by atoms with van der Waals surface area (Å²) >= 11 is 0. The van der Waals surface area contributed by atoms with Gasteiger partial charge in [-0.1, -0.05) is 33.3 Å². The summed E-state index contributed by atoms with van der Waals surface area (Å²) in [6, 6.07) is 0. The first-order valence-corrected chi connectivity index (χ1v) is 11.2. The van der Waals surface area contributed by atoms with Crippen molar-refractivity contribution in [1.29, 1.82) is 0 Å². The molecule has 0 amide bonds. The maximum absolute atomic E-state index is 6.31. The van der Waals surface area contributed by atoms with E-state index in [9.17, 15) is 0 Å². The minimum absolute atomic E-state index is 0.283. The van der Waals surface area contributed by atoms with Crippen LogP contribution in [0, 0.1) is 0 Å². The van der Waals surface area contributed by atoms with Gasteiger partial charge in [0.05, 0.1) is 19.0 Å². The molecule has 0 aliphatic carbocycles. The first kappa shape index (κ1) is 18.4. The quantitative estimate of drug-likeness (QED) is 0.534. The molecule has 1 fully saturated rings. The van der Waals surface area contributed by atoms with Gasteiger partial charge >= 0.3 is 0 Å². The third kappa shape index (κ3) is 5.95. The number of hydrogen-bond acceptors (Lipinski definition) is 2. The minimum Gasteiger partial charge on any atom is -0.415 e. The summed E-state index contributed by atoms with van der Waals surface area (Å²) in [5, 5.41) is 0.283. The molecule has 0 atom stereocenters. The average Bonchev–Trinajstić information content (AvgIpc) is 2.60. The number of nitrogens with zero attached hydrogens (tertiary/aromatic N) is 2. The molecule has 3 nitrogen and oxygen atoms in total. The van der Waals surface area contributed by atoms with Crippen LogP contribution in [0.15, 0.2) is 17.6 Å². The van der Waals surface area contributed by atoms with E-state index in [4.69, 9.17) is 4.43 Å². The predicted molar refractivity (Wildman–Crippen MR) is 95.7 cm³/mol. The topological polar surface area (TPSA) is 24.8 Å². The summed E-state index contributed by atoms with van der Waals surface area (Å²) in [7, 11) is -1.63. The van der Waals surface area contributed by atoms with Crippen molar-refractivity contribution < 1.29 is 4.43 Å². The zero-order valence-corrected chi connectivity index (χ0v) is 15.7. The Hall–Kier alpha value is -0.613. The number of hydrogen-bond donors (Lipinski definition) is 0. The molecule has 4 heteroatoms. The summed E-state index contributed by atoms with van der Waals surface area (Å²) < 4.78 is 6.31. The van der Waals surface area contributed by atoms with Gasteiger partial charge in [0.25, 0.3) is 0 Å². The Morgan fingerprint density at radius 1 is 1.29 bits per heavy atom. The second kappa shape index (κ2) is 8.13. The molecule has 122 valence electrons. The highest BCUT2D eigenvalue weighted by Crippen LogP contribution is 2.36. The summed E-state index contributed by atoms with van der Waals surface area (Å²) in [5.74, 6) is 1.26. The molecule has 0 aromatic rings. The molecule has 0 aromatic carbocycles. The second-order valence-corrected chi connectivity index (χ2v) is 12.3. The fraction of sp³-hybridized carbons (Fsp3) is 0.824. The number of aliphatic imine (C=N–C) groups is 1. The summed E-state index contributed by atoms with van der Waals surface area (Å²) in [6.45, 7) is 18.9. The van der Waals surface area contributed by atoms with Gasteiger partial charge in [0.1, 0.15) is 0 Å². The van der Waals surface area contributed by atoms with Crippen LogP contribution in [0.1, 0.15) is 46.5 Å². The molecule has 0 aromatic heterocycles. The molecular weight excluding hydrogens is 276 g/mol. The lowest BCUT2D eigenvalue weighted by Gasteiger charge is -2.37. The van der Waals surface area contributed by atoms with E-state index in [1.807, 2.05) is 6.08 Å². The smallest absolute Gasteiger partial charge is 0.192 e. The number of amidine groups is 1. The Morgan fingerprint density at radius 2 is 2.00 bits per heavy atom. The second-order valence-electron chi connectivity index (χ2n) is 7.45. The molecule has 1 aliphatic heterocycles. The van der Waals surface area contributed by atoms with Crippen LogP contribution in [-0.4, -0.2) is 45.3 Å². The first-order chi connectivity index (χ1) is 9.78. The van der Waals surface area contributed by atoms with Crippen molar-refractivity contribution in [2.45, 2.75) is 64.6 Å². The minimum atomic E-state index is -1.63. The molecule has 0 radical (unpaired) electrons. The highest BCUT2D eigenvalue weighted by Gasteiger charge is 2.37. The molecule has 21 heavy (non-hydrogen) atoms. The van der Waals surface area contributed by atoms with E-state index in [-0.39, 0.29) is 5.04 Å². The Bertz CT molecular complexity index is 358. The van der Waals surface area contributed by atoms with Crippen LogP contribution in [0.25, 0.3) is 0 Å². The van der Waals surface area contributed by atoms with Crippen LogP contribution in [0.5, 0.6) is 0 Å². The van der Waals surface area contributed by atoms with Crippen LogP contribution in [-0.2, 0) is 4.43 Å². The maximum Gasteiger partial charge on any atom is 0.192 e. The van der Waals surface area contributed by atoms with Crippen molar-refractivity contribution in [2.75, 3.05) is 26.2 Å². The fourth-order valence-electron chi connectivity index (χ4n) is 2.27. The highest BCUT2D eigenvalue weighted by atomic mass is 28.4. The van der Waals surface area contributed by atoms with Crippen molar-refractivity contribution >= 4 is 14.2 Å². The number of rotatable bonds is 6. The van der Waals surface area contributed by atoms with Crippen molar-refractivity contribution in [2.24, 2.45) is 4.99 Å². The van der Waals surface area contributed by atoms with Crippen molar-refractivity contribution in [3.8, 4) is 0 Å². The van der Waals surface area contributed by atoms with Crippen molar-refractivity contribution in [3.63, 3.8) is 0 Å². The van der Waals surface area contributed by atoms with Gasteiger partial charge in [0.15, 0.2) is 8.32 Å². The Balaban J connectivity index is 2.56. The van der Waals surface area contributed by atoms with E-state index >= 15 is 0 Å². The van der Waals surface area contributed by atoms with Gasteiger partial charge in [-0.2, -0.15) is 0 Å². The zero-order chi connectivity index (χ0) is 15.9. The molecule has 1 heterocycles. The summed E-state index contributed by atoms with van der Waals surface area (Å²) in [6.07, 6.45) is 6.83. The van der Waals surface area contributed by atoms with Gasteiger partial charge in [-0.05, 0) is 31.0 Å². The van der Waals surface area contributed by atoms with E-state index < -0.39 is 8.32 Å². The van der Waals surface area contributed by atoms with Crippen LogP contribution in [0.2, 0.25) is 18.1 Å². The fourth-order valence-corrected chi connectivity index (χ4v) is 3.30. The van der Waals surface area contributed by atoms with E-state index in [0.717, 1.165) is 32.7 Å². The van der Waals surface area contributed by atoms with Crippen LogP contribution in [0.4, 0.5) is 0 Å². The third-order valence-electron chi connectivity index (χ3n) is 4.73. The lowest BCUT2D eigenvalue weighted by atomic mass is 10.2. The monoisotopic (exact) mass is 310 g/mol. The largest absolute Gasteiger partial charge is 0.415 e. The lowest BCUT2D eigenvalue weighted by Crippen LogP contribution is -2.43. The van der Waals surface area contributed by atoms with Crippen LogP contribution in [0.3, 0.4) is 0 Å². The zero-order valence-electron chi connectivity index (χ0n) is 14.7. The summed E-state index contributed by atoms with van der Waals surface area (Å²) in [4.78, 5) is 7.12. The summed E-state index contributed by atoms with van der Waals surface area (Å²) in [5.41, 5.74) is 0. The van der Waals surface area contributed by atoms with Gasteiger partial charge in [0.2, 0.25) is 0 Å². The Morgan fingerprint density at radius 3 is 2.62 bits per heavy atom. The SMILES string of the molecule is C=CCN=C1CCCCCN1CCO[Si](C)(C)C(C)(C)C. The third-order valence-corrected chi connectivity index (χ3v) is 9.26. The van der Waals surface area contributed by atoms with E-state index in [1.54, 1.807) is 0 Å². The Kier molecular flexibility index (Phi) is 7.14. The molecule has 0 unspecified atom stereocenters. The maximum atomic E-state index is 6.31. The van der Waals surface area contributed by atoms with Gasteiger partial charge in [-0.25, -0.2) is 0 Å². The van der Waals surface area contributed by atoms with Gasteiger partial charge in [0, 0.05) is 19.5 Å². The van der Waals surface area contributed by atoms with Gasteiger partial charge < -0.3 is 9.33 Å². The molecule has 0 saturated carbocycles. The molecule has 0 N–H and O–H groups in total. The Labute approximate surface area is 132 Å². The van der Waals surface area contributed by atoms with Crippen molar-refractivity contribution in [1.82, 2.24) is 4.90 Å².